The third-order valence-electron chi connectivity index (χ3n) is 1.46. The summed E-state index contributed by atoms with van der Waals surface area (Å²) in [6.07, 6.45) is 3.72. The van der Waals surface area contributed by atoms with E-state index in [1.165, 1.54) is 19.3 Å². The zero-order valence-corrected chi connectivity index (χ0v) is 14.1. The van der Waals surface area contributed by atoms with Crippen molar-refractivity contribution in [3.63, 3.8) is 0 Å². The fraction of sp³-hybridized carbons (Fsp3) is 1.00. The number of hydrogen-bond donors (Lipinski definition) is 0. The molecule has 64 valence electrons. The van der Waals surface area contributed by atoms with Gasteiger partial charge in [0.2, 0.25) is 0 Å². The Kier molecular flexibility index (Phi) is 29.9. The maximum atomic E-state index is 4.20. The maximum Gasteiger partial charge on any atom is 1.00 e. The second kappa shape index (κ2) is 17.7. The molecule has 0 aromatic rings. The zero-order chi connectivity index (χ0) is 8.41. The quantitative estimate of drug-likeness (QED) is 0.671. The second-order valence-corrected chi connectivity index (χ2v) is 2.11. The molecular formula is C9H22NRb. The van der Waals surface area contributed by atoms with Crippen molar-refractivity contribution in [1.82, 2.24) is 0 Å². The largest absolute Gasteiger partial charge is 1.00 e. The van der Waals surface area contributed by atoms with Gasteiger partial charge in [-0.2, -0.15) is 7.05 Å². The third kappa shape index (κ3) is 14.6. The minimum atomic E-state index is 0. The maximum absolute atomic E-state index is 4.20. The summed E-state index contributed by atoms with van der Waals surface area (Å²) in [7, 11) is 1.91. The Labute approximate surface area is 122 Å². The zero-order valence-electron chi connectivity index (χ0n) is 9.15. The van der Waals surface area contributed by atoms with Crippen molar-refractivity contribution in [3.05, 3.63) is 5.32 Å². The Hall–Kier alpha value is 1.77. The fourth-order valence-electron chi connectivity index (χ4n) is 0.849. The van der Waals surface area contributed by atoms with Gasteiger partial charge < -0.3 is 5.32 Å². The molecule has 0 radical (unpaired) electrons. The van der Waals surface area contributed by atoms with E-state index in [1.807, 2.05) is 20.9 Å². The summed E-state index contributed by atoms with van der Waals surface area (Å²) < 4.78 is 0. The van der Waals surface area contributed by atoms with Crippen LogP contribution in [0.4, 0.5) is 0 Å². The first-order chi connectivity index (χ1) is 4.85. The van der Waals surface area contributed by atoms with Gasteiger partial charge in [0, 0.05) is 0 Å². The van der Waals surface area contributed by atoms with Gasteiger partial charge in [-0.3, -0.25) is 0 Å². The van der Waals surface area contributed by atoms with Crippen molar-refractivity contribution in [2.24, 2.45) is 0 Å². The van der Waals surface area contributed by atoms with Crippen LogP contribution in [0.25, 0.3) is 5.32 Å². The summed E-state index contributed by atoms with van der Waals surface area (Å²) in [5, 5.41) is 4.20. The van der Waals surface area contributed by atoms with Gasteiger partial charge in [-0.05, 0) is 0 Å². The van der Waals surface area contributed by atoms with Crippen LogP contribution < -0.4 is 58.2 Å². The molecule has 1 unspecified atom stereocenters. The molecule has 1 nitrogen and oxygen atoms in total. The Morgan fingerprint density at radius 1 is 1.18 bits per heavy atom. The number of rotatable bonds is 4. The first kappa shape index (κ1) is 18.5. The smallest absolute Gasteiger partial charge is 0.662 e. The van der Waals surface area contributed by atoms with Crippen molar-refractivity contribution >= 4 is 0 Å². The SMILES string of the molecule is CC.CCCC(CC)[N-]C.[Rb+]. The molecule has 0 bridgehead atoms. The van der Waals surface area contributed by atoms with Gasteiger partial charge in [-0.15, -0.1) is 6.04 Å². The van der Waals surface area contributed by atoms with Gasteiger partial charge in [0.05, 0.1) is 0 Å². The van der Waals surface area contributed by atoms with E-state index in [0.717, 1.165) is 0 Å². The molecule has 2 heteroatoms. The van der Waals surface area contributed by atoms with Crippen molar-refractivity contribution in [1.29, 1.82) is 0 Å². The topological polar surface area (TPSA) is 14.1 Å². The van der Waals surface area contributed by atoms with Gasteiger partial charge in [0.25, 0.3) is 0 Å². The van der Waals surface area contributed by atoms with Crippen LogP contribution in [0.5, 0.6) is 0 Å². The minimum absolute atomic E-state index is 0. The Morgan fingerprint density at radius 3 is 1.73 bits per heavy atom. The normalized spacial score (nSPS) is 10.6. The molecule has 0 N–H and O–H groups in total. The van der Waals surface area contributed by atoms with E-state index in [1.54, 1.807) is 0 Å². The van der Waals surface area contributed by atoms with E-state index in [2.05, 4.69) is 19.2 Å². The van der Waals surface area contributed by atoms with Crippen LogP contribution in [0.2, 0.25) is 0 Å². The Morgan fingerprint density at radius 2 is 1.64 bits per heavy atom. The average molecular weight is 230 g/mol. The van der Waals surface area contributed by atoms with E-state index in [0.29, 0.717) is 6.04 Å². The van der Waals surface area contributed by atoms with Crippen molar-refractivity contribution in [2.45, 2.75) is 53.0 Å². The van der Waals surface area contributed by atoms with Crippen LogP contribution in [0, 0.1) is 0 Å². The molecule has 11 heavy (non-hydrogen) atoms. The summed E-state index contributed by atoms with van der Waals surface area (Å²) in [4.78, 5) is 0. The van der Waals surface area contributed by atoms with Crippen LogP contribution in [-0.2, 0) is 0 Å². The van der Waals surface area contributed by atoms with Gasteiger partial charge in [0.15, 0.2) is 0 Å². The molecule has 0 rings (SSSR count). The molecular weight excluding hydrogens is 208 g/mol. The Bertz CT molecular complexity index is 44.8. The van der Waals surface area contributed by atoms with Crippen LogP contribution in [-0.4, -0.2) is 13.1 Å². The summed E-state index contributed by atoms with van der Waals surface area (Å²) in [5.41, 5.74) is 0. The molecule has 0 saturated carbocycles. The van der Waals surface area contributed by atoms with Crippen LogP contribution in [0.15, 0.2) is 0 Å². The monoisotopic (exact) mass is 229 g/mol. The van der Waals surface area contributed by atoms with Gasteiger partial charge in [-0.25, -0.2) is 0 Å². The molecule has 0 aliphatic heterocycles. The molecule has 0 spiro atoms. The van der Waals surface area contributed by atoms with Crippen molar-refractivity contribution < 1.29 is 58.2 Å². The molecule has 0 amide bonds. The molecule has 0 saturated heterocycles. The van der Waals surface area contributed by atoms with E-state index < -0.39 is 0 Å². The molecule has 0 aromatic heterocycles. The summed E-state index contributed by atoms with van der Waals surface area (Å²) in [6, 6.07) is 0.625. The van der Waals surface area contributed by atoms with Crippen LogP contribution >= 0.6 is 0 Å². The second-order valence-electron chi connectivity index (χ2n) is 2.11. The van der Waals surface area contributed by atoms with Crippen LogP contribution in [0.3, 0.4) is 0 Å². The Balaban J connectivity index is -0.000000196. The predicted molar refractivity (Wildman–Crippen MR) is 49.6 cm³/mol. The predicted octanol–water partition coefficient (Wildman–Crippen LogP) is 0.599. The van der Waals surface area contributed by atoms with E-state index in [-0.39, 0.29) is 58.2 Å². The number of nitrogens with zero attached hydrogens (tertiary/aromatic N) is 1. The van der Waals surface area contributed by atoms with Crippen molar-refractivity contribution in [2.75, 3.05) is 7.05 Å². The molecule has 1 atom stereocenters. The van der Waals surface area contributed by atoms with Gasteiger partial charge in [0.1, 0.15) is 0 Å². The molecule has 0 fully saturated rings. The van der Waals surface area contributed by atoms with Gasteiger partial charge >= 0.3 is 58.2 Å². The van der Waals surface area contributed by atoms with Crippen LogP contribution in [0.1, 0.15) is 47.0 Å². The molecule has 0 aliphatic rings. The minimum Gasteiger partial charge on any atom is -0.662 e. The summed E-state index contributed by atoms with van der Waals surface area (Å²) >= 11 is 0. The number of hydrogen-bond acceptors (Lipinski definition) is 0. The third-order valence-corrected chi connectivity index (χ3v) is 1.46. The van der Waals surface area contributed by atoms with E-state index in [4.69, 9.17) is 0 Å². The fourth-order valence-corrected chi connectivity index (χ4v) is 0.849. The van der Waals surface area contributed by atoms with E-state index in [9.17, 15) is 0 Å². The first-order valence-corrected chi connectivity index (χ1v) is 4.44. The standard InChI is InChI=1S/C7H16N.C2H6.Rb/c1-4-6-7(5-2)8-3;1-2;/h7H,4-6H2,1-3H3;1-2H3;/q-1;;+1. The summed E-state index contributed by atoms with van der Waals surface area (Å²) in [6.45, 7) is 8.39. The molecule has 0 heterocycles. The summed E-state index contributed by atoms with van der Waals surface area (Å²) in [5.74, 6) is 0. The molecule has 0 aromatic carbocycles. The first-order valence-electron chi connectivity index (χ1n) is 4.44. The van der Waals surface area contributed by atoms with Gasteiger partial charge in [-0.1, -0.05) is 47.0 Å². The molecule has 0 aliphatic carbocycles. The average Bonchev–Trinajstić information content (AvgIpc) is 2.04. The van der Waals surface area contributed by atoms with Crippen molar-refractivity contribution in [3.8, 4) is 0 Å². The van der Waals surface area contributed by atoms with E-state index >= 15 is 0 Å².